The number of carbonyl (C=O) groups excluding carboxylic acids is 1. The van der Waals surface area contributed by atoms with E-state index in [4.69, 9.17) is 28.3 Å². The number of hydrogen-bond donors (Lipinski definition) is 2. The molecule has 0 saturated heterocycles. The average molecular weight is 292 g/mol. The fraction of sp³-hybridized carbons (Fsp3) is 0.750. The SMILES string of the molecule is O=C(NC12CC(C(=O)O)(C1)C2(Cl)Cl)C(F)(F)F. The molecule has 3 fully saturated rings. The van der Waals surface area contributed by atoms with Crippen LogP contribution in [0, 0.1) is 5.41 Å². The number of amides is 1. The monoisotopic (exact) mass is 291 g/mol. The first-order valence-corrected chi connectivity index (χ1v) is 5.25. The summed E-state index contributed by atoms with van der Waals surface area (Å²) in [7, 11) is 0. The Labute approximate surface area is 103 Å². The van der Waals surface area contributed by atoms with E-state index in [0.717, 1.165) is 0 Å². The van der Waals surface area contributed by atoms with Gasteiger partial charge in [-0.15, -0.1) is 0 Å². The fourth-order valence-corrected chi connectivity index (χ4v) is 3.20. The van der Waals surface area contributed by atoms with Crippen LogP contribution in [-0.4, -0.2) is 33.0 Å². The van der Waals surface area contributed by atoms with Crippen LogP contribution in [0.2, 0.25) is 0 Å². The van der Waals surface area contributed by atoms with Crippen LogP contribution < -0.4 is 5.32 Å². The largest absolute Gasteiger partial charge is 0.481 e. The Hall–Kier alpha value is -0.690. The minimum atomic E-state index is -5.05. The second kappa shape index (κ2) is 3.00. The van der Waals surface area contributed by atoms with Gasteiger partial charge in [0.25, 0.3) is 0 Å². The van der Waals surface area contributed by atoms with Crippen molar-refractivity contribution in [2.75, 3.05) is 0 Å². The van der Waals surface area contributed by atoms with Crippen LogP contribution in [0.25, 0.3) is 0 Å². The first kappa shape index (κ1) is 12.8. The van der Waals surface area contributed by atoms with Gasteiger partial charge in [-0.2, -0.15) is 13.2 Å². The zero-order valence-corrected chi connectivity index (χ0v) is 9.58. The van der Waals surface area contributed by atoms with Crippen molar-refractivity contribution >= 4 is 35.1 Å². The summed E-state index contributed by atoms with van der Waals surface area (Å²) < 4.78 is 34.2. The lowest BCUT2D eigenvalue weighted by atomic mass is 9.38. The van der Waals surface area contributed by atoms with Gasteiger partial charge in [-0.1, -0.05) is 23.2 Å². The van der Waals surface area contributed by atoms with Crippen LogP contribution in [0.1, 0.15) is 12.8 Å². The summed E-state index contributed by atoms with van der Waals surface area (Å²) >= 11 is 11.4. The molecule has 96 valence electrons. The second-order valence-corrected chi connectivity index (χ2v) is 5.68. The van der Waals surface area contributed by atoms with Crippen LogP contribution >= 0.6 is 23.2 Å². The summed E-state index contributed by atoms with van der Waals surface area (Å²) in [5.41, 5.74) is -2.93. The Balaban J connectivity index is 2.13. The third-order valence-electron chi connectivity index (χ3n) is 3.43. The number of rotatable bonds is 2. The van der Waals surface area contributed by atoms with Gasteiger partial charge in [-0.05, 0) is 12.8 Å². The van der Waals surface area contributed by atoms with E-state index in [-0.39, 0.29) is 12.8 Å². The van der Waals surface area contributed by atoms with Gasteiger partial charge >= 0.3 is 18.1 Å². The summed E-state index contributed by atoms with van der Waals surface area (Å²) in [5.74, 6) is -3.44. The van der Waals surface area contributed by atoms with E-state index in [2.05, 4.69) is 0 Å². The van der Waals surface area contributed by atoms with Gasteiger partial charge < -0.3 is 10.4 Å². The number of aliphatic carboxylic acids is 1. The van der Waals surface area contributed by atoms with Gasteiger partial charge in [0.05, 0.1) is 5.54 Å². The Morgan fingerprint density at radius 1 is 1.24 bits per heavy atom. The predicted molar refractivity (Wildman–Crippen MR) is 50.7 cm³/mol. The molecule has 0 heterocycles. The van der Waals surface area contributed by atoms with E-state index < -0.39 is 33.3 Å². The highest BCUT2D eigenvalue weighted by Crippen LogP contribution is 2.78. The van der Waals surface area contributed by atoms with Gasteiger partial charge in [0.15, 0.2) is 4.33 Å². The molecule has 3 saturated carbocycles. The number of carbonyl (C=O) groups is 2. The van der Waals surface area contributed by atoms with Gasteiger partial charge in [0.2, 0.25) is 0 Å². The molecular formula is C8H6Cl2F3NO3. The molecule has 3 rings (SSSR count). The molecule has 2 bridgehead atoms. The van der Waals surface area contributed by atoms with E-state index in [1.807, 2.05) is 0 Å². The maximum atomic E-state index is 12.0. The Morgan fingerprint density at radius 3 is 2.00 bits per heavy atom. The van der Waals surface area contributed by atoms with E-state index in [1.54, 1.807) is 5.32 Å². The van der Waals surface area contributed by atoms with Gasteiger partial charge in [0.1, 0.15) is 5.41 Å². The Morgan fingerprint density at radius 2 is 1.71 bits per heavy atom. The van der Waals surface area contributed by atoms with Gasteiger partial charge in [0, 0.05) is 0 Å². The highest BCUT2D eigenvalue weighted by Gasteiger charge is 2.89. The average Bonchev–Trinajstić information content (AvgIpc) is 2.07. The number of carboxylic acids is 1. The molecule has 4 nitrogen and oxygen atoms in total. The molecular weight excluding hydrogens is 286 g/mol. The number of halogens is 5. The van der Waals surface area contributed by atoms with E-state index >= 15 is 0 Å². The molecule has 0 radical (unpaired) electrons. The normalized spacial score (nSPS) is 37.7. The van der Waals surface area contributed by atoms with E-state index in [1.165, 1.54) is 0 Å². The minimum absolute atomic E-state index is 0.190. The zero-order valence-electron chi connectivity index (χ0n) is 8.07. The molecule has 0 atom stereocenters. The highest BCUT2D eigenvalue weighted by atomic mass is 35.5. The van der Waals surface area contributed by atoms with Crippen molar-refractivity contribution in [2.24, 2.45) is 5.41 Å². The van der Waals surface area contributed by atoms with Crippen molar-refractivity contribution in [3.05, 3.63) is 0 Å². The van der Waals surface area contributed by atoms with Crippen molar-refractivity contribution in [3.8, 4) is 0 Å². The topological polar surface area (TPSA) is 66.4 Å². The lowest BCUT2D eigenvalue weighted by Gasteiger charge is -2.75. The minimum Gasteiger partial charge on any atom is -0.481 e. The van der Waals surface area contributed by atoms with Crippen molar-refractivity contribution in [3.63, 3.8) is 0 Å². The highest BCUT2D eigenvalue weighted by molar-refractivity contribution is 6.53. The summed E-state index contributed by atoms with van der Waals surface area (Å²) in [4.78, 5) is 21.6. The maximum absolute atomic E-state index is 12.0. The lowest BCUT2D eigenvalue weighted by Crippen LogP contribution is -2.90. The number of carboxylic acid groups (broad SMARTS) is 1. The molecule has 0 spiro atoms. The van der Waals surface area contributed by atoms with E-state index in [9.17, 15) is 22.8 Å². The first-order chi connectivity index (χ1) is 7.49. The summed E-state index contributed by atoms with van der Waals surface area (Å²) in [6.45, 7) is 0. The number of hydrogen-bond acceptors (Lipinski definition) is 2. The lowest BCUT2D eigenvalue weighted by molar-refractivity contribution is -0.214. The Bertz CT molecular complexity index is 415. The van der Waals surface area contributed by atoms with Crippen molar-refractivity contribution in [2.45, 2.75) is 28.9 Å². The van der Waals surface area contributed by atoms with Gasteiger partial charge in [-0.3, -0.25) is 9.59 Å². The smallest absolute Gasteiger partial charge is 0.471 e. The van der Waals surface area contributed by atoms with Crippen LogP contribution in [0.4, 0.5) is 13.2 Å². The summed E-state index contributed by atoms with van der Waals surface area (Å²) in [6, 6.07) is 0. The molecule has 2 N–H and O–H groups in total. The molecule has 0 aromatic heterocycles. The molecule has 0 aromatic rings. The van der Waals surface area contributed by atoms with Crippen molar-refractivity contribution < 1.29 is 27.9 Å². The number of alkyl halides is 5. The molecule has 9 heteroatoms. The quantitative estimate of drug-likeness (QED) is 0.757. The van der Waals surface area contributed by atoms with Crippen LogP contribution in [0.5, 0.6) is 0 Å². The van der Waals surface area contributed by atoms with Crippen molar-refractivity contribution in [1.82, 2.24) is 5.32 Å². The molecule has 3 aliphatic carbocycles. The molecule has 0 unspecified atom stereocenters. The zero-order chi connectivity index (χ0) is 13.3. The molecule has 1 amide bonds. The van der Waals surface area contributed by atoms with Gasteiger partial charge in [-0.25, -0.2) is 0 Å². The number of nitrogens with one attached hydrogen (secondary N) is 1. The Kier molecular flexibility index (Phi) is 2.25. The summed E-state index contributed by atoms with van der Waals surface area (Å²) in [5, 5.41) is 10.5. The van der Waals surface area contributed by atoms with Crippen LogP contribution in [-0.2, 0) is 9.59 Å². The van der Waals surface area contributed by atoms with Crippen LogP contribution in [0.3, 0.4) is 0 Å². The third kappa shape index (κ3) is 1.26. The van der Waals surface area contributed by atoms with Crippen LogP contribution in [0.15, 0.2) is 0 Å². The molecule has 0 aromatic carbocycles. The first-order valence-electron chi connectivity index (χ1n) is 4.49. The summed E-state index contributed by atoms with van der Waals surface area (Å²) in [6.07, 6.45) is -5.43. The third-order valence-corrected chi connectivity index (χ3v) is 4.88. The van der Waals surface area contributed by atoms with E-state index in [0.29, 0.717) is 0 Å². The second-order valence-electron chi connectivity index (χ2n) is 4.35. The maximum Gasteiger partial charge on any atom is 0.471 e. The molecule has 3 aliphatic rings. The van der Waals surface area contributed by atoms with Crippen molar-refractivity contribution in [1.29, 1.82) is 0 Å². The molecule has 0 aliphatic heterocycles. The molecule has 17 heavy (non-hydrogen) atoms. The standard InChI is InChI=1S/C8H6Cl2F3NO3/c9-8(10)5(4(16)17)1-6(8,2-5)14-3(15)7(11,12)13/h1-2H2,(H,14,15)(H,16,17). The fourth-order valence-electron chi connectivity index (χ4n) is 2.41. The predicted octanol–water partition coefficient (Wildman–Crippen LogP) is 1.46.